The molecule has 2 saturated heterocycles. The molecule has 132 valence electrons. The Bertz CT molecular complexity index is 415. The second-order valence-corrected chi connectivity index (χ2v) is 6.77. The first-order valence-corrected chi connectivity index (χ1v) is 8.63. The number of hydrogen-bond acceptors (Lipinski definition) is 4. The molecular weight excluding hydrogens is 296 g/mol. The van der Waals surface area contributed by atoms with Gasteiger partial charge in [-0.3, -0.25) is 9.59 Å². The molecule has 0 aromatic carbocycles. The van der Waals surface area contributed by atoms with Crippen LogP contribution >= 0.6 is 0 Å². The lowest BCUT2D eigenvalue weighted by Gasteiger charge is -2.47. The van der Waals surface area contributed by atoms with Gasteiger partial charge in [0.25, 0.3) is 5.91 Å². The van der Waals surface area contributed by atoms with E-state index >= 15 is 0 Å². The van der Waals surface area contributed by atoms with Gasteiger partial charge in [-0.25, -0.2) is 0 Å². The first kappa shape index (κ1) is 18.2. The molecular formula is C17H30N2O4. The fourth-order valence-electron chi connectivity index (χ4n) is 3.76. The van der Waals surface area contributed by atoms with Crippen LogP contribution in [0.4, 0.5) is 0 Å². The minimum atomic E-state index is -0.324. The van der Waals surface area contributed by atoms with E-state index in [1.54, 1.807) is 14.2 Å². The van der Waals surface area contributed by atoms with Crippen LogP contribution in [0.25, 0.3) is 0 Å². The van der Waals surface area contributed by atoms with Crippen LogP contribution in [-0.4, -0.2) is 74.7 Å². The smallest absolute Gasteiger partial charge is 0.251 e. The van der Waals surface area contributed by atoms with Crippen molar-refractivity contribution in [3.8, 4) is 0 Å². The molecule has 0 bridgehead atoms. The zero-order valence-electron chi connectivity index (χ0n) is 14.7. The van der Waals surface area contributed by atoms with Gasteiger partial charge in [-0.2, -0.15) is 0 Å². The highest BCUT2D eigenvalue weighted by Crippen LogP contribution is 2.40. The van der Waals surface area contributed by atoms with Crippen LogP contribution in [0.5, 0.6) is 0 Å². The summed E-state index contributed by atoms with van der Waals surface area (Å²) in [5.41, 5.74) is 0.174. The van der Waals surface area contributed by atoms with Crippen molar-refractivity contribution in [3.63, 3.8) is 0 Å². The number of rotatable bonds is 6. The Morgan fingerprint density at radius 3 is 2.52 bits per heavy atom. The quantitative estimate of drug-likeness (QED) is 0.738. The Morgan fingerprint density at radius 2 is 1.96 bits per heavy atom. The predicted molar refractivity (Wildman–Crippen MR) is 87.0 cm³/mol. The molecule has 2 amide bonds. The van der Waals surface area contributed by atoms with Gasteiger partial charge in [0.2, 0.25) is 5.91 Å². The maximum absolute atomic E-state index is 12.4. The molecule has 0 aromatic heterocycles. The molecule has 23 heavy (non-hydrogen) atoms. The van der Waals surface area contributed by atoms with Crippen molar-refractivity contribution in [1.82, 2.24) is 9.80 Å². The fraction of sp³-hybridized carbons (Fsp3) is 0.882. The minimum Gasteiger partial charge on any atom is -0.383 e. The zero-order chi connectivity index (χ0) is 16.9. The summed E-state index contributed by atoms with van der Waals surface area (Å²) in [5.74, 6) is 0.338. The van der Waals surface area contributed by atoms with E-state index < -0.39 is 0 Å². The predicted octanol–water partition coefficient (Wildman–Crippen LogP) is 1.29. The summed E-state index contributed by atoms with van der Waals surface area (Å²) in [4.78, 5) is 28.3. The van der Waals surface area contributed by atoms with E-state index in [0.717, 1.165) is 38.9 Å². The molecule has 0 N–H and O–H groups in total. The van der Waals surface area contributed by atoms with Crippen molar-refractivity contribution in [1.29, 1.82) is 0 Å². The van der Waals surface area contributed by atoms with Gasteiger partial charge >= 0.3 is 0 Å². The number of amides is 2. The molecule has 2 aliphatic heterocycles. The molecule has 2 fully saturated rings. The van der Waals surface area contributed by atoms with Crippen molar-refractivity contribution in [2.24, 2.45) is 5.41 Å². The summed E-state index contributed by atoms with van der Waals surface area (Å²) in [6.45, 7) is 5.56. The van der Waals surface area contributed by atoms with E-state index in [1.165, 1.54) is 0 Å². The normalized spacial score (nSPS) is 22.5. The second kappa shape index (κ2) is 8.11. The monoisotopic (exact) mass is 326 g/mol. The largest absolute Gasteiger partial charge is 0.383 e. The third-order valence-electron chi connectivity index (χ3n) is 5.38. The molecule has 0 aliphatic carbocycles. The lowest BCUT2D eigenvalue weighted by Crippen LogP contribution is -2.54. The fourth-order valence-corrected chi connectivity index (χ4v) is 3.76. The lowest BCUT2D eigenvalue weighted by atomic mass is 9.72. The van der Waals surface area contributed by atoms with Crippen LogP contribution in [-0.2, 0) is 19.1 Å². The number of methoxy groups -OCH3 is 2. The summed E-state index contributed by atoms with van der Waals surface area (Å²) in [6, 6.07) is 0. The highest BCUT2D eigenvalue weighted by Gasteiger charge is 2.42. The number of likely N-dealkylation sites (tertiary alicyclic amines) is 2. The van der Waals surface area contributed by atoms with E-state index in [1.807, 2.05) is 16.7 Å². The Balaban J connectivity index is 1.92. The standard InChI is InChI=1S/C17H30N2O4/c1-4-14(23-3)16(21)18-9-7-17(8-10-18)6-5-15(20)19(13-17)11-12-22-2/h14H,4-13H2,1-3H3/t14-/m0/s1. The Labute approximate surface area is 139 Å². The lowest BCUT2D eigenvalue weighted by molar-refractivity contribution is -0.148. The van der Waals surface area contributed by atoms with Gasteiger partial charge in [0.15, 0.2) is 0 Å². The first-order valence-electron chi connectivity index (χ1n) is 8.63. The summed E-state index contributed by atoms with van der Waals surface area (Å²) >= 11 is 0. The topological polar surface area (TPSA) is 59.1 Å². The van der Waals surface area contributed by atoms with E-state index in [2.05, 4.69) is 0 Å². The number of carbonyl (C=O) groups is 2. The number of piperidine rings is 2. The summed E-state index contributed by atoms with van der Waals surface area (Å²) in [5, 5.41) is 0. The molecule has 6 heteroatoms. The Morgan fingerprint density at radius 1 is 1.26 bits per heavy atom. The SMILES string of the molecule is CC[C@H](OC)C(=O)N1CCC2(CCC(=O)N(CCOC)C2)CC1. The van der Waals surface area contributed by atoms with Crippen molar-refractivity contribution >= 4 is 11.8 Å². The third-order valence-corrected chi connectivity index (χ3v) is 5.38. The van der Waals surface area contributed by atoms with Gasteiger partial charge in [-0.15, -0.1) is 0 Å². The summed E-state index contributed by atoms with van der Waals surface area (Å²) < 4.78 is 10.4. The molecule has 0 saturated carbocycles. The highest BCUT2D eigenvalue weighted by molar-refractivity contribution is 5.81. The van der Waals surface area contributed by atoms with Gasteiger partial charge < -0.3 is 19.3 Å². The molecule has 6 nitrogen and oxygen atoms in total. The van der Waals surface area contributed by atoms with Gasteiger partial charge in [0, 0.05) is 46.8 Å². The molecule has 0 radical (unpaired) electrons. The van der Waals surface area contributed by atoms with E-state index in [0.29, 0.717) is 26.0 Å². The number of ether oxygens (including phenoxy) is 2. The van der Waals surface area contributed by atoms with Crippen LogP contribution in [0.1, 0.15) is 39.0 Å². The Hall–Kier alpha value is -1.14. The molecule has 0 unspecified atom stereocenters. The van der Waals surface area contributed by atoms with Gasteiger partial charge in [-0.05, 0) is 31.1 Å². The maximum Gasteiger partial charge on any atom is 0.251 e. The van der Waals surface area contributed by atoms with Crippen LogP contribution < -0.4 is 0 Å². The molecule has 1 atom stereocenters. The van der Waals surface area contributed by atoms with E-state index in [9.17, 15) is 9.59 Å². The van der Waals surface area contributed by atoms with Crippen molar-refractivity contribution in [3.05, 3.63) is 0 Å². The number of nitrogens with zero attached hydrogens (tertiary/aromatic N) is 2. The van der Waals surface area contributed by atoms with Gasteiger partial charge in [-0.1, -0.05) is 6.92 Å². The highest BCUT2D eigenvalue weighted by atomic mass is 16.5. The van der Waals surface area contributed by atoms with Crippen LogP contribution in [0.3, 0.4) is 0 Å². The third kappa shape index (κ3) is 4.23. The van der Waals surface area contributed by atoms with Crippen LogP contribution in [0.2, 0.25) is 0 Å². The zero-order valence-corrected chi connectivity index (χ0v) is 14.7. The van der Waals surface area contributed by atoms with Crippen molar-refractivity contribution in [2.75, 3.05) is 47.0 Å². The van der Waals surface area contributed by atoms with Gasteiger partial charge in [0.05, 0.1) is 6.61 Å². The summed E-state index contributed by atoms with van der Waals surface area (Å²) in [7, 11) is 3.26. The van der Waals surface area contributed by atoms with Crippen LogP contribution in [0.15, 0.2) is 0 Å². The number of carbonyl (C=O) groups excluding carboxylic acids is 2. The second-order valence-electron chi connectivity index (χ2n) is 6.77. The van der Waals surface area contributed by atoms with Crippen molar-refractivity contribution < 1.29 is 19.1 Å². The summed E-state index contributed by atoms with van der Waals surface area (Å²) in [6.07, 6.45) is 3.88. The maximum atomic E-state index is 12.4. The molecule has 0 aromatic rings. The molecule has 2 aliphatic rings. The number of hydrogen-bond donors (Lipinski definition) is 0. The van der Waals surface area contributed by atoms with Crippen molar-refractivity contribution in [2.45, 2.75) is 45.1 Å². The average molecular weight is 326 g/mol. The Kier molecular flexibility index (Phi) is 6.41. The van der Waals surface area contributed by atoms with E-state index in [-0.39, 0.29) is 23.3 Å². The van der Waals surface area contributed by atoms with Gasteiger partial charge in [0.1, 0.15) is 6.10 Å². The molecule has 1 spiro atoms. The van der Waals surface area contributed by atoms with Crippen LogP contribution in [0, 0.1) is 5.41 Å². The average Bonchev–Trinajstić information content (AvgIpc) is 2.57. The minimum absolute atomic E-state index is 0.105. The molecule has 2 rings (SSSR count). The first-order chi connectivity index (χ1) is 11.0. The molecule has 2 heterocycles. The van der Waals surface area contributed by atoms with E-state index in [4.69, 9.17) is 9.47 Å².